The number of aromatic nitrogens is 1. The molecule has 4 nitrogen and oxygen atoms in total. The molecule has 2 aromatic rings. The molecular formula is C15H19N3O. The van der Waals surface area contributed by atoms with Gasteiger partial charge in [-0.05, 0) is 55.7 Å². The summed E-state index contributed by atoms with van der Waals surface area (Å²) in [5.41, 5.74) is 10.7. The number of nitrogens with zero attached hydrogens (tertiary/aromatic N) is 1. The van der Waals surface area contributed by atoms with Gasteiger partial charge < -0.3 is 15.8 Å². The van der Waals surface area contributed by atoms with Crippen LogP contribution in [0.1, 0.15) is 16.7 Å². The minimum atomic E-state index is 0.702. The molecule has 0 spiro atoms. The number of ether oxygens (including phenoxy) is 1. The van der Waals surface area contributed by atoms with Gasteiger partial charge in [0.05, 0.1) is 19.0 Å². The summed E-state index contributed by atoms with van der Waals surface area (Å²) in [4.78, 5) is 4.27. The predicted molar refractivity (Wildman–Crippen MR) is 79.1 cm³/mol. The van der Waals surface area contributed by atoms with Gasteiger partial charge in [-0.25, -0.2) is 4.98 Å². The van der Waals surface area contributed by atoms with Crippen molar-refractivity contribution in [2.75, 3.05) is 18.2 Å². The quantitative estimate of drug-likeness (QED) is 0.885. The van der Waals surface area contributed by atoms with Crippen molar-refractivity contribution >= 4 is 17.2 Å². The molecule has 0 fully saturated rings. The first-order chi connectivity index (χ1) is 9.01. The van der Waals surface area contributed by atoms with Crippen molar-refractivity contribution in [3.8, 4) is 5.75 Å². The Balaban J connectivity index is 2.31. The first-order valence-electron chi connectivity index (χ1n) is 6.15. The Bertz CT molecular complexity index is 585. The molecule has 4 heteroatoms. The number of rotatable bonds is 3. The van der Waals surface area contributed by atoms with Crippen LogP contribution >= 0.6 is 0 Å². The van der Waals surface area contributed by atoms with E-state index < -0.39 is 0 Å². The molecule has 0 atom stereocenters. The number of benzene rings is 1. The standard InChI is InChI=1S/C15H19N3O/c1-9-7-14(17-8-13(9)16)18-12-5-10(2)15(19-4)11(3)6-12/h5-8H,16H2,1-4H3,(H,17,18). The molecule has 19 heavy (non-hydrogen) atoms. The van der Waals surface area contributed by atoms with Crippen LogP contribution in [0.2, 0.25) is 0 Å². The second-order valence-electron chi connectivity index (χ2n) is 4.69. The van der Waals surface area contributed by atoms with Gasteiger partial charge in [-0.3, -0.25) is 0 Å². The number of nitrogens with one attached hydrogen (secondary N) is 1. The highest BCUT2D eigenvalue weighted by molar-refractivity contribution is 5.63. The van der Waals surface area contributed by atoms with Crippen molar-refractivity contribution in [1.82, 2.24) is 4.98 Å². The lowest BCUT2D eigenvalue weighted by Crippen LogP contribution is -1.99. The summed E-state index contributed by atoms with van der Waals surface area (Å²) in [5, 5.41) is 3.28. The molecular weight excluding hydrogens is 238 g/mol. The molecule has 3 N–H and O–H groups in total. The maximum atomic E-state index is 5.76. The van der Waals surface area contributed by atoms with Gasteiger partial charge in [-0.1, -0.05) is 0 Å². The lowest BCUT2D eigenvalue weighted by Gasteiger charge is -2.13. The van der Waals surface area contributed by atoms with Crippen LogP contribution in [0.25, 0.3) is 0 Å². The van der Waals surface area contributed by atoms with E-state index in [-0.39, 0.29) is 0 Å². The molecule has 0 saturated heterocycles. The zero-order valence-electron chi connectivity index (χ0n) is 11.7. The molecule has 0 radical (unpaired) electrons. The van der Waals surface area contributed by atoms with E-state index in [9.17, 15) is 0 Å². The second-order valence-corrected chi connectivity index (χ2v) is 4.69. The summed E-state index contributed by atoms with van der Waals surface area (Å²) < 4.78 is 5.36. The lowest BCUT2D eigenvalue weighted by atomic mass is 10.1. The molecule has 0 aliphatic heterocycles. The fourth-order valence-corrected chi connectivity index (χ4v) is 2.13. The number of nitrogen functional groups attached to an aromatic ring is 1. The van der Waals surface area contributed by atoms with E-state index in [4.69, 9.17) is 10.5 Å². The van der Waals surface area contributed by atoms with Gasteiger partial charge in [0.1, 0.15) is 11.6 Å². The summed E-state index contributed by atoms with van der Waals surface area (Å²) in [6, 6.07) is 6.02. The fourth-order valence-electron chi connectivity index (χ4n) is 2.13. The number of hydrogen-bond acceptors (Lipinski definition) is 4. The van der Waals surface area contributed by atoms with Gasteiger partial charge in [-0.2, -0.15) is 0 Å². The van der Waals surface area contributed by atoms with E-state index in [2.05, 4.69) is 10.3 Å². The van der Waals surface area contributed by atoms with E-state index in [0.29, 0.717) is 5.69 Å². The monoisotopic (exact) mass is 257 g/mol. The van der Waals surface area contributed by atoms with Gasteiger partial charge >= 0.3 is 0 Å². The summed E-state index contributed by atoms with van der Waals surface area (Å²) in [5.74, 6) is 1.71. The molecule has 0 aliphatic carbocycles. The van der Waals surface area contributed by atoms with E-state index in [1.54, 1.807) is 13.3 Å². The normalized spacial score (nSPS) is 10.3. The molecule has 0 bridgehead atoms. The molecule has 1 heterocycles. The number of hydrogen-bond donors (Lipinski definition) is 2. The molecule has 2 rings (SSSR count). The molecule has 100 valence electrons. The predicted octanol–water partition coefficient (Wildman–Crippen LogP) is 3.34. The van der Waals surface area contributed by atoms with Crippen LogP contribution in [-0.2, 0) is 0 Å². The zero-order valence-corrected chi connectivity index (χ0v) is 11.7. The topological polar surface area (TPSA) is 60.2 Å². The van der Waals surface area contributed by atoms with Crippen molar-refractivity contribution in [2.45, 2.75) is 20.8 Å². The Morgan fingerprint density at radius 1 is 1.05 bits per heavy atom. The number of nitrogens with two attached hydrogens (primary N) is 1. The number of aryl methyl sites for hydroxylation is 3. The van der Waals surface area contributed by atoms with Crippen molar-refractivity contribution in [1.29, 1.82) is 0 Å². The molecule has 0 amide bonds. The van der Waals surface area contributed by atoms with Gasteiger partial charge in [0.25, 0.3) is 0 Å². The van der Waals surface area contributed by atoms with Gasteiger partial charge in [0.15, 0.2) is 0 Å². The van der Waals surface area contributed by atoms with E-state index in [1.165, 1.54) is 0 Å². The summed E-state index contributed by atoms with van der Waals surface area (Å²) in [6.07, 6.45) is 1.67. The van der Waals surface area contributed by atoms with Crippen LogP contribution in [0.4, 0.5) is 17.2 Å². The van der Waals surface area contributed by atoms with Crippen LogP contribution in [0.5, 0.6) is 5.75 Å². The summed E-state index contributed by atoms with van der Waals surface area (Å²) in [7, 11) is 1.69. The van der Waals surface area contributed by atoms with E-state index in [1.807, 2.05) is 39.0 Å². The molecule has 0 unspecified atom stereocenters. The highest BCUT2D eigenvalue weighted by atomic mass is 16.5. The second kappa shape index (κ2) is 5.18. The lowest BCUT2D eigenvalue weighted by molar-refractivity contribution is 0.408. The Hall–Kier alpha value is -2.23. The first kappa shape index (κ1) is 13.2. The number of methoxy groups -OCH3 is 1. The third-order valence-electron chi connectivity index (χ3n) is 3.09. The average molecular weight is 257 g/mol. The Kier molecular flexibility index (Phi) is 3.60. The molecule has 0 saturated carbocycles. The van der Waals surface area contributed by atoms with Crippen LogP contribution in [-0.4, -0.2) is 12.1 Å². The minimum absolute atomic E-state index is 0.702. The Labute approximate surface area is 113 Å². The maximum Gasteiger partial charge on any atom is 0.130 e. The smallest absolute Gasteiger partial charge is 0.130 e. The van der Waals surface area contributed by atoms with Gasteiger partial charge in [0, 0.05) is 5.69 Å². The SMILES string of the molecule is COc1c(C)cc(Nc2cc(C)c(N)cn2)cc1C. The van der Waals surface area contributed by atoms with Crippen molar-refractivity contribution < 1.29 is 4.74 Å². The Morgan fingerprint density at radius 3 is 2.21 bits per heavy atom. The van der Waals surface area contributed by atoms with Gasteiger partial charge in [-0.15, -0.1) is 0 Å². The Morgan fingerprint density at radius 2 is 1.68 bits per heavy atom. The van der Waals surface area contributed by atoms with Crippen molar-refractivity contribution in [2.24, 2.45) is 0 Å². The highest BCUT2D eigenvalue weighted by Crippen LogP contribution is 2.28. The average Bonchev–Trinajstić information content (AvgIpc) is 2.33. The first-order valence-corrected chi connectivity index (χ1v) is 6.15. The molecule has 0 aliphatic rings. The van der Waals surface area contributed by atoms with Crippen LogP contribution in [0.3, 0.4) is 0 Å². The van der Waals surface area contributed by atoms with E-state index >= 15 is 0 Å². The van der Waals surface area contributed by atoms with Crippen LogP contribution in [0, 0.1) is 20.8 Å². The van der Waals surface area contributed by atoms with Gasteiger partial charge in [0.2, 0.25) is 0 Å². The number of pyridine rings is 1. The highest BCUT2D eigenvalue weighted by Gasteiger charge is 2.06. The maximum absolute atomic E-state index is 5.76. The number of anilines is 3. The van der Waals surface area contributed by atoms with Crippen molar-refractivity contribution in [3.05, 3.63) is 41.1 Å². The minimum Gasteiger partial charge on any atom is -0.496 e. The van der Waals surface area contributed by atoms with E-state index in [0.717, 1.165) is 33.9 Å². The van der Waals surface area contributed by atoms with Crippen molar-refractivity contribution in [3.63, 3.8) is 0 Å². The fraction of sp³-hybridized carbons (Fsp3) is 0.267. The third-order valence-corrected chi connectivity index (χ3v) is 3.09. The largest absolute Gasteiger partial charge is 0.496 e. The zero-order chi connectivity index (χ0) is 14.0. The molecule has 1 aromatic carbocycles. The van der Waals surface area contributed by atoms with Crippen LogP contribution < -0.4 is 15.8 Å². The van der Waals surface area contributed by atoms with Crippen LogP contribution in [0.15, 0.2) is 24.4 Å². The summed E-state index contributed by atoms with van der Waals surface area (Å²) >= 11 is 0. The third kappa shape index (κ3) is 2.78. The summed E-state index contributed by atoms with van der Waals surface area (Å²) in [6.45, 7) is 6.02. The molecule has 1 aromatic heterocycles.